The predicted octanol–water partition coefficient (Wildman–Crippen LogP) is 4.50. The van der Waals surface area contributed by atoms with Crippen LogP contribution in [-0.2, 0) is 20.8 Å². The van der Waals surface area contributed by atoms with Crippen LogP contribution in [-0.4, -0.2) is 0 Å². The third-order valence-electron chi connectivity index (χ3n) is 2.06. The van der Waals surface area contributed by atoms with Crippen molar-refractivity contribution in [1.82, 2.24) is 0 Å². The molecule has 73 valence electrons. The second-order valence-electron chi connectivity index (χ2n) is 3.38. The monoisotopic (exact) mass is 295 g/mol. The third-order valence-corrected chi connectivity index (χ3v) is 2.06. The zero-order chi connectivity index (χ0) is 10.4. The summed E-state index contributed by atoms with van der Waals surface area (Å²) in [6, 6.07) is 0. The molecule has 0 spiro atoms. The van der Waals surface area contributed by atoms with Crippen molar-refractivity contribution in [2.24, 2.45) is 5.92 Å². The van der Waals surface area contributed by atoms with E-state index in [4.69, 9.17) is 17.0 Å². The van der Waals surface area contributed by atoms with E-state index in [9.17, 15) is 0 Å². The molecular formula is C10H15Cl2Zr. The van der Waals surface area contributed by atoms with Crippen LogP contribution < -0.4 is 0 Å². The fourth-order valence-electron chi connectivity index (χ4n) is 1.10. The molecule has 0 saturated heterocycles. The summed E-state index contributed by atoms with van der Waals surface area (Å²) in [6.07, 6.45) is 4.56. The van der Waals surface area contributed by atoms with Gasteiger partial charge in [0, 0.05) is 5.92 Å². The van der Waals surface area contributed by atoms with Gasteiger partial charge in [0.15, 0.2) is 0 Å². The number of allylic oxidation sites excluding steroid dienone is 4. The maximum absolute atomic E-state index is 4.93. The molecular weight excluding hydrogens is 282 g/mol. The van der Waals surface area contributed by atoms with E-state index in [1.54, 1.807) is 0 Å². The molecule has 0 amide bonds. The Morgan fingerprint density at radius 3 is 1.77 bits per heavy atom. The molecule has 1 radical (unpaired) electrons. The van der Waals surface area contributed by atoms with Gasteiger partial charge in [-0.2, -0.15) is 0 Å². The first-order valence-electron chi connectivity index (χ1n) is 4.23. The summed E-state index contributed by atoms with van der Waals surface area (Å²) in [5.41, 5.74) is 2.89. The molecule has 0 bridgehead atoms. The van der Waals surface area contributed by atoms with Crippen molar-refractivity contribution in [3.8, 4) is 0 Å². The summed E-state index contributed by atoms with van der Waals surface area (Å²) in [4.78, 5) is 0. The van der Waals surface area contributed by atoms with Gasteiger partial charge in [-0.3, -0.25) is 0 Å². The van der Waals surface area contributed by atoms with E-state index in [0.717, 1.165) is 0 Å². The van der Waals surface area contributed by atoms with Gasteiger partial charge in [-0.05, 0) is 18.4 Å². The van der Waals surface area contributed by atoms with Gasteiger partial charge in [-0.15, -0.1) is 0 Å². The van der Waals surface area contributed by atoms with Crippen LogP contribution in [0.15, 0.2) is 23.3 Å². The van der Waals surface area contributed by atoms with Crippen LogP contribution in [0.5, 0.6) is 0 Å². The van der Waals surface area contributed by atoms with Gasteiger partial charge >= 0.3 is 37.9 Å². The van der Waals surface area contributed by atoms with Crippen LogP contribution in [0.2, 0.25) is 0 Å². The first kappa shape index (κ1) is 13.9. The molecule has 0 aromatic rings. The van der Waals surface area contributed by atoms with Crippen molar-refractivity contribution in [2.75, 3.05) is 0 Å². The summed E-state index contributed by atoms with van der Waals surface area (Å²) >= 11 is -0.826. The predicted molar refractivity (Wildman–Crippen MR) is 57.3 cm³/mol. The second kappa shape index (κ2) is 7.26. The molecule has 0 N–H and O–H groups in total. The molecule has 0 nitrogen and oxygen atoms in total. The molecule has 0 aliphatic heterocycles. The molecule has 1 aliphatic rings. The Kier molecular flexibility index (Phi) is 7.79. The number of hydrogen-bond acceptors (Lipinski definition) is 0. The van der Waals surface area contributed by atoms with E-state index in [-0.39, 0.29) is 0 Å². The molecule has 0 unspecified atom stereocenters. The molecule has 0 saturated carbocycles. The molecule has 0 fully saturated rings. The Hall–Kier alpha value is 0.943. The number of hydrogen-bond donors (Lipinski definition) is 0. The van der Waals surface area contributed by atoms with Crippen molar-refractivity contribution < 1.29 is 20.8 Å². The Balaban J connectivity index is 0.000000424. The van der Waals surface area contributed by atoms with Crippen molar-refractivity contribution in [1.29, 1.82) is 0 Å². The molecule has 3 heteroatoms. The van der Waals surface area contributed by atoms with Crippen molar-refractivity contribution >= 4 is 17.0 Å². The van der Waals surface area contributed by atoms with Gasteiger partial charge in [0.05, 0.1) is 0 Å². The van der Waals surface area contributed by atoms with E-state index in [0.29, 0.717) is 5.92 Å². The molecule has 1 aliphatic carbocycles. The molecule has 0 aromatic heterocycles. The van der Waals surface area contributed by atoms with Gasteiger partial charge in [-0.25, -0.2) is 0 Å². The molecule has 1 rings (SSSR count). The second-order valence-corrected chi connectivity index (χ2v) is 7.11. The fraction of sp³-hybridized carbons (Fsp3) is 0.500. The van der Waals surface area contributed by atoms with Crippen LogP contribution in [0.1, 0.15) is 27.7 Å². The third kappa shape index (κ3) is 5.40. The molecule has 13 heavy (non-hydrogen) atoms. The zero-order valence-electron chi connectivity index (χ0n) is 8.49. The summed E-state index contributed by atoms with van der Waals surface area (Å²) in [6.45, 7) is 8.80. The standard InChI is InChI=1S/C10H15.2ClH.Zr/c1-7(2)10-5-8(3)9(4)6-10;;;/h5-7H,1-4H3;2*1H;/q;;;+2/p-2. The van der Waals surface area contributed by atoms with Crippen LogP contribution >= 0.6 is 17.0 Å². The van der Waals surface area contributed by atoms with Crippen molar-refractivity contribution in [3.63, 3.8) is 0 Å². The van der Waals surface area contributed by atoms with E-state index in [2.05, 4.69) is 39.8 Å². The van der Waals surface area contributed by atoms with E-state index in [1.807, 2.05) is 0 Å². The van der Waals surface area contributed by atoms with E-state index in [1.165, 1.54) is 17.1 Å². The summed E-state index contributed by atoms with van der Waals surface area (Å²) in [5.74, 6) is 2.09. The minimum absolute atomic E-state index is 0.674. The Bertz CT molecular complexity index is 207. The maximum atomic E-state index is 4.93. The minimum atomic E-state index is -0.826. The summed E-state index contributed by atoms with van der Waals surface area (Å²) < 4.78 is 0. The number of rotatable bonds is 1. The van der Waals surface area contributed by atoms with Crippen molar-refractivity contribution in [3.05, 3.63) is 29.2 Å². The average Bonchev–Trinajstić information content (AvgIpc) is 2.34. The van der Waals surface area contributed by atoms with Gasteiger partial charge in [-0.1, -0.05) is 38.5 Å². The average molecular weight is 297 g/mol. The molecule has 0 heterocycles. The topological polar surface area (TPSA) is 0 Å². The van der Waals surface area contributed by atoms with Crippen LogP contribution in [0.3, 0.4) is 0 Å². The van der Waals surface area contributed by atoms with E-state index < -0.39 is 20.8 Å². The Morgan fingerprint density at radius 2 is 1.62 bits per heavy atom. The summed E-state index contributed by atoms with van der Waals surface area (Å²) in [5, 5.41) is 0. The fourth-order valence-corrected chi connectivity index (χ4v) is 1.10. The van der Waals surface area contributed by atoms with Crippen molar-refractivity contribution in [2.45, 2.75) is 27.7 Å². The Labute approximate surface area is 100 Å². The number of halogens is 2. The van der Waals surface area contributed by atoms with Crippen LogP contribution in [0.25, 0.3) is 0 Å². The first-order chi connectivity index (χ1) is 6.02. The quantitative estimate of drug-likeness (QED) is 0.668. The van der Waals surface area contributed by atoms with Crippen LogP contribution in [0, 0.1) is 11.8 Å². The SMILES string of the molecule is C[C]1C=C(C(C)C)C=C1C.[Cl][Zr][Cl]. The van der Waals surface area contributed by atoms with Gasteiger partial charge < -0.3 is 0 Å². The normalized spacial score (nSPS) is 16.2. The summed E-state index contributed by atoms with van der Waals surface area (Å²) in [7, 11) is 9.87. The van der Waals surface area contributed by atoms with Gasteiger partial charge in [0.2, 0.25) is 0 Å². The first-order valence-corrected chi connectivity index (χ1v) is 10.6. The Morgan fingerprint density at radius 1 is 1.15 bits per heavy atom. The molecule has 0 aromatic carbocycles. The molecule has 0 atom stereocenters. The van der Waals surface area contributed by atoms with Gasteiger partial charge in [0.25, 0.3) is 0 Å². The van der Waals surface area contributed by atoms with Gasteiger partial charge in [0.1, 0.15) is 0 Å². The zero-order valence-corrected chi connectivity index (χ0v) is 12.5. The van der Waals surface area contributed by atoms with Crippen LogP contribution in [0.4, 0.5) is 0 Å². The van der Waals surface area contributed by atoms with E-state index >= 15 is 0 Å².